The minimum absolute atomic E-state index is 0.193. The van der Waals surface area contributed by atoms with Crippen LogP contribution in [0.25, 0.3) is 16.7 Å². The Labute approximate surface area is 187 Å². The Morgan fingerprint density at radius 1 is 1.12 bits per heavy atom. The molecule has 0 saturated heterocycles. The number of rotatable bonds is 5. The number of anilines is 2. The number of ether oxygens (including phenoxy) is 1. The third-order valence-corrected chi connectivity index (χ3v) is 5.28. The smallest absolute Gasteiger partial charge is 0.271 e. The van der Waals surface area contributed by atoms with Crippen LogP contribution >= 0.6 is 0 Å². The minimum Gasteiger partial charge on any atom is -0.482 e. The van der Waals surface area contributed by atoms with E-state index in [1.54, 1.807) is 18.5 Å². The van der Waals surface area contributed by atoms with Gasteiger partial charge in [-0.25, -0.2) is 4.98 Å². The number of hydrogen-bond donors (Lipinski definition) is 1. The van der Waals surface area contributed by atoms with Gasteiger partial charge in [0, 0.05) is 23.5 Å². The molecule has 0 radical (unpaired) electrons. The Balaban J connectivity index is 1.32. The second-order valence-electron chi connectivity index (χ2n) is 7.38. The number of benzene rings is 3. The highest BCUT2D eigenvalue weighted by Crippen LogP contribution is 2.35. The van der Waals surface area contributed by atoms with Crippen LogP contribution in [0.15, 0.2) is 73.1 Å². The molecule has 0 saturated carbocycles. The molecule has 0 bridgehead atoms. The van der Waals surface area contributed by atoms with Crippen molar-refractivity contribution in [2.24, 2.45) is 0 Å². The number of hydrogen-bond acceptors (Lipinski definition) is 6. The van der Waals surface area contributed by atoms with Crippen molar-refractivity contribution in [3.63, 3.8) is 0 Å². The molecule has 0 spiro atoms. The van der Waals surface area contributed by atoms with Crippen LogP contribution in [0.1, 0.15) is 0 Å². The van der Waals surface area contributed by atoms with Crippen LogP contribution in [-0.2, 0) is 9.59 Å². The van der Waals surface area contributed by atoms with Crippen LogP contribution < -0.4 is 15.0 Å². The molecular formula is C23H17N5O5. The molecule has 0 atom stereocenters. The van der Waals surface area contributed by atoms with Crippen LogP contribution in [0.3, 0.4) is 0 Å². The average molecular weight is 443 g/mol. The van der Waals surface area contributed by atoms with Gasteiger partial charge in [0.2, 0.25) is 5.91 Å². The maximum Gasteiger partial charge on any atom is 0.271 e. The molecule has 2 heterocycles. The van der Waals surface area contributed by atoms with Crippen molar-refractivity contribution in [3.05, 3.63) is 83.2 Å². The summed E-state index contributed by atoms with van der Waals surface area (Å²) in [5.74, 6) is -0.589. The van der Waals surface area contributed by atoms with Gasteiger partial charge in [-0.2, -0.15) is 0 Å². The largest absolute Gasteiger partial charge is 0.482 e. The molecule has 2 amide bonds. The summed E-state index contributed by atoms with van der Waals surface area (Å²) < 4.78 is 7.27. The minimum atomic E-state index is -0.567. The van der Waals surface area contributed by atoms with Gasteiger partial charge in [0.25, 0.3) is 11.6 Å². The number of amides is 2. The average Bonchev–Trinajstić information content (AvgIpc) is 3.25. The molecule has 10 heteroatoms. The quantitative estimate of drug-likeness (QED) is 0.373. The maximum absolute atomic E-state index is 12.6. The third-order valence-electron chi connectivity index (χ3n) is 5.28. The summed E-state index contributed by atoms with van der Waals surface area (Å²) >= 11 is 0. The van der Waals surface area contributed by atoms with E-state index in [1.807, 2.05) is 41.0 Å². The second kappa shape index (κ2) is 8.08. The van der Waals surface area contributed by atoms with Crippen LogP contribution in [0.5, 0.6) is 5.75 Å². The highest BCUT2D eigenvalue weighted by Gasteiger charge is 2.29. The van der Waals surface area contributed by atoms with Crippen molar-refractivity contribution >= 4 is 39.9 Å². The fourth-order valence-electron chi connectivity index (χ4n) is 3.69. The molecule has 1 N–H and O–H groups in total. The number of carbonyl (C=O) groups is 2. The fourth-order valence-corrected chi connectivity index (χ4v) is 3.69. The topological polar surface area (TPSA) is 120 Å². The van der Waals surface area contributed by atoms with Gasteiger partial charge in [-0.3, -0.25) is 29.2 Å². The van der Waals surface area contributed by atoms with Crippen molar-refractivity contribution in [1.82, 2.24) is 9.55 Å². The van der Waals surface area contributed by atoms with Gasteiger partial charge in [0.05, 0.1) is 21.6 Å². The van der Waals surface area contributed by atoms with E-state index in [0.717, 1.165) is 16.7 Å². The van der Waals surface area contributed by atoms with E-state index in [0.29, 0.717) is 11.4 Å². The Morgan fingerprint density at radius 2 is 1.91 bits per heavy atom. The van der Waals surface area contributed by atoms with Gasteiger partial charge < -0.3 is 10.1 Å². The van der Waals surface area contributed by atoms with Gasteiger partial charge in [-0.05, 0) is 42.5 Å². The standard InChI is InChI=1S/C23H17N5O5/c29-22(12-26-20-11-17(28(31)32)9-10-21(20)33-13-23(26)30)25-15-5-7-16(8-6-15)27-14-24-18-3-1-2-4-19(18)27/h1-11,14H,12-13H2,(H,25,29). The lowest BCUT2D eigenvalue weighted by molar-refractivity contribution is -0.384. The molecule has 33 heavy (non-hydrogen) atoms. The number of non-ortho nitro benzene ring substituents is 1. The number of nitrogens with zero attached hydrogens (tertiary/aromatic N) is 4. The first kappa shape index (κ1) is 20.2. The molecule has 164 valence electrons. The van der Waals surface area contributed by atoms with E-state index < -0.39 is 16.7 Å². The Bertz CT molecular complexity index is 1400. The lowest BCUT2D eigenvalue weighted by atomic mass is 10.2. The van der Waals surface area contributed by atoms with Gasteiger partial charge in [-0.15, -0.1) is 0 Å². The molecule has 0 aliphatic carbocycles. The van der Waals surface area contributed by atoms with Crippen molar-refractivity contribution in [3.8, 4) is 11.4 Å². The number of fused-ring (bicyclic) bond motifs is 2. The molecule has 10 nitrogen and oxygen atoms in total. The molecular weight excluding hydrogens is 426 g/mol. The third kappa shape index (κ3) is 3.85. The number of para-hydroxylation sites is 2. The summed E-state index contributed by atoms with van der Waals surface area (Å²) in [6.07, 6.45) is 1.74. The Kier molecular flexibility index (Phi) is 4.94. The van der Waals surface area contributed by atoms with Crippen LogP contribution in [0.4, 0.5) is 17.1 Å². The summed E-state index contributed by atoms with van der Waals surface area (Å²) in [4.78, 5) is 41.1. The van der Waals surface area contributed by atoms with Gasteiger partial charge in [-0.1, -0.05) is 12.1 Å². The first-order valence-electron chi connectivity index (χ1n) is 10.0. The predicted molar refractivity (Wildman–Crippen MR) is 121 cm³/mol. The Hall–Kier alpha value is -4.73. The molecule has 5 rings (SSSR count). The summed E-state index contributed by atoms with van der Waals surface area (Å²) in [6, 6.07) is 18.9. The van der Waals surface area contributed by atoms with Crippen molar-refractivity contribution in [2.45, 2.75) is 0 Å². The van der Waals surface area contributed by atoms with Crippen LogP contribution in [0, 0.1) is 10.1 Å². The Morgan fingerprint density at radius 3 is 2.70 bits per heavy atom. The van der Waals surface area contributed by atoms with E-state index in [-0.39, 0.29) is 24.5 Å². The van der Waals surface area contributed by atoms with Crippen molar-refractivity contribution in [1.29, 1.82) is 0 Å². The molecule has 0 unspecified atom stereocenters. The van der Waals surface area contributed by atoms with E-state index in [2.05, 4.69) is 10.3 Å². The summed E-state index contributed by atoms with van der Waals surface area (Å²) in [5, 5.41) is 13.9. The van der Waals surface area contributed by atoms with Crippen molar-refractivity contribution < 1.29 is 19.2 Å². The number of imidazole rings is 1. The van der Waals surface area contributed by atoms with Gasteiger partial charge >= 0.3 is 0 Å². The molecule has 1 aliphatic heterocycles. The number of nitro benzene ring substituents is 1. The fraction of sp³-hybridized carbons (Fsp3) is 0.0870. The van der Waals surface area contributed by atoms with Gasteiger partial charge in [0.15, 0.2) is 6.61 Å². The summed E-state index contributed by atoms with van der Waals surface area (Å²) in [6.45, 7) is -0.546. The van der Waals surface area contributed by atoms with Crippen LogP contribution in [0.2, 0.25) is 0 Å². The number of aromatic nitrogens is 2. The molecule has 3 aromatic carbocycles. The lowest BCUT2D eigenvalue weighted by Crippen LogP contribution is -2.43. The van der Waals surface area contributed by atoms with Crippen molar-refractivity contribution in [2.75, 3.05) is 23.4 Å². The molecule has 4 aromatic rings. The zero-order valence-corrected chi connectivity index (χ0v) is 17.2. The van der Waals surface area contributed by atoms with Crippen LogP contribution in [-0.4, -0.2) is 39.4 Å². The van der Waals surface area contributed by atoms with E-state index in [9.17, 15) is 19.7 Å². The summed E-state index contributed by atoms with van der Waals surface area (Å²) in [5.41, 5.74) is 3.27. The summed E-state index contributed by atoms with van der Waals surface area (Å²) in [7, 11) is 0. The molecule has 1 aliphatic rings. The van der Waals surface area contributed by atoms with Gasteiger partial charge in [0.1, 0.15) is 18.6 Å². The first-order chi connectivity index (χ1) is 16.0. The second-order valence-corrected chi connectivity index (χ2v) is 7.38. The normalized spacial score (nSPS) is 12.8. The SMILES string of the molecule is O=C(CN1C(=O)COc2ccc([N+](=O)[O-])cc21)Nc1ccc(-n2cnc3ccccc32)cc1. The number of nitro groups is 1. The zero-order chi connectivity index (χ0) is 22.9. The number of nitrogens with one attached hydrogen (secondary N) is 1. The lowest BCUT2D eigenvalue weighted by Gasteiger charge is -2.28. The predicted octanol–water partition coefficient (Wildman–Crippen LogP) is 3.30. The van der Waals surface area contributed by atoms with E-state index in [4.69, 9.17) is 4.74 Å². The van der Waals surface area contributed by atoms with E-state index >= 15 is 0 Å². The molecule has 0 fully saturated rings. The molecule has 1 aromatic heterocycles. The van der Waals surface area contributed by atoms with E-state index in [1.165, 1.54) is 23.1 Å². The highest BCUT2D eigenvalue weighted by molar-refractivity contribution is 6.05. The highest BCUT2D eigenvalue weighted by atomic mass is 16.6. The maximum atomic E-state index is 12.6. The monoisotopic (exact) mass is 443 g/mol. The number of carbonyl (C=O) groups excluding carboxylic acids is 2. The first-order valence-corrected chi connectivity index (χ1v) is 10.0. The zero-order valence-electron chi connectivity index (χ0n) is 17.2.